The maximum absolute atomic E-state index is 14.0. The molecule has 0 rings (SSSR count). The number of nitrogens with one attached hydrogen (secondary N) is 11. The van der Waals surface area contributed by atoms with Crippen molar-refractivity contribution in [3.63, 3.8) is 0 Å². The van der Waals surface area contributed by atoms with Crippen molar-refractivity contribution in [2.45, 2.75) is 158 Å². The molecule has 0 aliphatic rings. The van der Waals surface area contributed by atoms with Crippen molar-refractivity contribution < 1.29 is 108 Å². The fraction of sp³-hybridized carbons (Fsp3) is 0.636. The molecular formula is C44H72N14O22. The maximum atomic E-state index is 14.0. The lowest BCUT2D eigenvalue weighted by Crippen LogP contribution is -2.61. The van der Waals surface area contributed by atoms with Gasteiger partial charge in [-0.25, -0.2) is 0 Å². The molecule has 0 spiro atoms. The third kappa shape index (κ3) is 30.2. The number of aliphatic hydroxyl groups excluding tert-OH is 2. The van der Waals surface area contributed by atoms with E-state index in [0.29, 0.717) is 0 Å². The summed E-state index contributed by atoms with van der Waals surface area (Å²) >= 11 is 0. The zero-order chi connectivity index (χ0) is 61.6. The van der Waals surface area contributed by atoms with Gasteiger partial charge in [-0.3, -0.25) is 77.3 Å². The number of rotatable bonds is 40. The van der Waals surface area contributed by atoms with Gasteiger partial charge in [-0.2, -0.15) is 0 Å². The second-order valence-corrected chi connectivity index (χ2v) is 18.2. The van der Waals surface area contributed by atoms with Gasteiger partial charge in [-0.1, -0.05) is 13.8 Å². The van der Waals surface area contributed by atoms with E-state index in [-0.39, 0.29) is 25.3 Å². The van der Waals surface area contributed by atoms with E-state index in [1.54, 1.807) is 13.8 Å². The van der Waals surface area contributed by atoms with Gasteiger partial charge in [0.15, 0.2) is 12.2 Å². The van der Waals surface area contributed by atoms with Crippen molar-refractivity contribution in [1.29, 1.82) is 5.41 Å². The van der Waals surface area contributed by atoms with Gasteiger partial charge in [0.25, 0.3) is 0 Å². The standard InChI is InChI=1S/C44H72N14O22/c1-18(2)13-24(35(46)72)55-38(75)22(7-10-31(64)65)52-37(74)21(6-9-30(62)63)53-41(78)26(15-33(68)69)57-36(73)20(5-4-12-49-44(47)48)51-40(77)25(14-29(45)61)56-42(79)27(16-34(70)71)58-39(76)23(8-11-32(66)67)54-43(80)28(17-59)50-19(3)60/h18,20-28,33,59,68-69H,4-17H2,1-3H3,(H2,45,61)(H2,46,72)(H,50,60)(H,51,77)(H,52,74)(H,53,78)(H,54,80)(H,55,75)(H,56,79)(H,57,73)(H,58,76)(H,62,63)(H,64,65)(H,66,67)(H,70,71)(H4,47,48,49)/t20-,21-,22-,23-,24-,25-,26-,27-,28-/m1/s1. The molecule has 36 nitrogen and oxygen atoms in total. The van der Waals surface area contributed by atoms with Crippen LogP contribution in [0, 0.1) is 11.3 Å². The van der Waals surface area contributed by atoms with Crippen LogP contribution in [-0.2, 0) is 71.9 Å². The SMILES string of the molecule is CC(=O)N[C@H](CO)C(=O)N[C@H](CCC(=O)O)C(=O)N[C@H](CC(=O)O)C(=O)N[C@H](CC(N)=O)C(=O)N[C@H](CCCNC(=N)N)C(=O)N[C@H](CC(O)O)C(=O)N[C@H](CCC(=O)O)C(=O)N[C@H](CCC(=O)O)C(=O)N[C@H](CC(C)C)C(N)=O. The summed E-state index contributed by atoms with van der Waals surface area (Å²) in [6.07, 6.45) is -11.0. The molecule has 0 aromatic rings. The summed E-state index contributed by atoms with van der Waals surface area (Å²) in [5.74, 6) is -20.9. The Morgan fingerprint density at radius 2 is 0.775 bits per heavy atom. The van der Waals surface area contributed by atoms with Crippen LogP contribution in [0.4, 0.5) is 0 Å². The van der Waals surface area contributed by atoms with Gasteiger partial charge in [0.2, 0.25) is 65.0 Å². The van der Waals surface area contributed by atoms with Crippen LogP contribution in [0.15, 0.2) is 0 Å². The van der Waals surface area contributed by atoms with Crippen molar-refractivity contribution in [2.24, 2.45) is 23.1 Å². The molecule has 0 fully saturated rings. The van der Waals surface area contributed by atoms with Crippen LogP contribution in [0.5, 0.6) is 0 Å². The van der Waals surface area contributed by atoms with E-state index < -0.39 is 226 Å². The number of aliphatic carboxylic acids is 4. The number of hydrogen-bond acceptors (Lipinski definition) is 19. The van der Waals surface area contributed by atoms with E-state index in [0.717, 1.165) is 6.92 Å². The third-order valence-corrected chi connectivity index (χ3v) is 10.8. The second-order valence-electron chi connectivity index (χ2n) is 18.2. The Morgan fingerprint density at radius 3 is 1.10 bits per heavy atom. The van der Waals surface area contributed by atoms with Crippen LogP contribution in [0.2, 0.25) is 0 Å². The highest BCUT2D eigenvalue weighted by molar-refractivity contribution is 6.00. The smallest absolute Gasteiger partial charge is 0.305 e. The van der Waals surface area contributed by atoms with Crippen molar-refractivity contribution >= 4 is 94.8 Å². The molecular weight excluding hydrogens is 1080 g/mol. The van der Waals surface area contributed by atoms with Crippen molar-refractivity contribution in [2.75, 3.05) is 13.2 Å². The predicted molar refractivity (Wildman–Crippen MR) is 267 cm³/mol. The number of guanidine groups is 1. The van der Waals surface area contributed by atoms with E-state index in [4.69, 9.17) is 22.6 Å². The van der Waals surface area contributed by atoms with Gasteiger partial charge in [-0.15, -0.1) is 0 Å². The number of carbonyl (C=O) groups excluding carboxylic acids is 11. The minimum absolute atomic E-state index is 0.0196. The Kier molecular flexibility index (Phi) is 32.3. The summed E-state index contributed by atoms with van der Waals surface area (Å²) in [6.45, 7) is 3.17. The van der Waals surface area contributed by atoms with E-state index in [1.165, 1.54) is 0 Å². The van der Waals surface area contributed by atoms with Crippen molar-refractivity contribution in [1.82, 2.24) is 53.2 Å². The lowest BCUT2D eigenvalue weighted by atomic mass is 10.0. The average Bonchev–Trinajstić information content (AvgIpc) is 3.33. The number of primary amides is 2. The first-order valence-corrected chi connectivity index (χ1v) is 24.4. The number of amides is 11. The highest BCUT2D eigenvalue weighted by Crippen LogP contribution is 2.11. The fourth-order valence-corrected chi connectivity index (χ4v) is 6.98. The topological polar surface area (TPSA) is 620 Å². The minimum Gasteiger partial charge on any atom is -0.481 e. The van der Waals surface area contributed by atoms with E-state index in [2.05, 4.69) is 42.5 Å². The number of aliphatic hydroxyl groups is 3. The monoisotopic (exact) mass is 1150 g/mol. The normalized spacial score (nSPS) is 14.2. The molecule has 9 atom stereocenters. The third-order valence-electron chi connectivity index (χ3n) is 10.8. The Bertz CT molecular complexity index is 2270. The molecule has 0 saturated heterocycles. The van der Waals surface area contributed by atoms with Crippen LogP contribution < -0.4 is 70.4 Å². The first-order chi connectivity index (χ1) is 37.2. The zero-order valence-electron chi connectivity index (χ0n) is 43.7. The number of carboxylic acid groups (broad SMARTS) is 4. The predicted octanol–water partition coefficient (Wildman–Crippen LogP) is -9.20. The van der Waals surface area contributed by atoms with Gasteiger partial charge < -0.3 is 106 Å². The van der Waals surface area contributed by atoms with Crippen LogP contribution in [0.25, 0.3) is 0 Å². The Hall–Kier alpha value is -8.80. The summed E-state index contributed by atoms with van der Waals surface area (Å²) in [4.78, 5) is 191. The van der Waals surface area contributed by atoms with Gasteiger partial charge in [0.05, 0.1) is 19.4 Å². The summed E-state index contributed by atoms with van der Waals surface area (Å²) in [5.41, 5.74) is 16.1. The molecule has 0 aliphatic heterocycles. The van der Waals surface area contributed by atoms with Gasteiger partial charge >= 0.3 is 23.9 Å². The minimum atomic E-state index is -2.43. The van der Waals surface area contributed by atoms with Crippen LogP contribution >= 0.6 is 0 Å². The van der Waals surface area contributed by atoms with Crippen LogP contribution in [0.3, 0.4) is 0 Å². The molecule has 36 heteroatoms. The molecule has 0 bridgehead atoms. The summed E-state index contributed by atoms with van der Waals surface area (Å²) < 4.78 is 0. The maximum Gasteiger partial charge on any atom is 0.305 e. The summed E-state index contributed by atoms with van der Waals surface area (Å²) in [7, 11) is 0. The molecule has 0 saturated carbocycles. The van der Waals surface area contributed by atoms with E-state index >= 15 is 0 Å². The van der Waals surface area contributed by atoms with Crippen LogP contribution in [0.1, 0.15) is 97.8 Å². The van der Waals surface area contributed by atoms with Crippen molar-refractivity contribution in [3.8, 4) is 0 Å². The molecule has 80 heavy (non-hydrogen) atoms. The van der Waals surface area contributed by atoms with Crippen molar-refractivity contribution in [3.05, 3.63) is 0 Å². The Morgan fingerprint density at radius 1 is 0.438 bits per heavy atom. The molecule has 0 aliphatic carbocycles. The zero-order valence-corrected chi connectivity index (χ0v) is 43.7. The summed E-state index contributed by atoms with van der Waals surface area (Å²) in [6, 6.07) is -16.9. The Balaban J connectivity index is 7.05. The first-order valence-electron chi connectivity index (χ1n) is 24.4. The van der Waals surface area contributed by atoms with Gasteiger partial charge in [0.1, 0.15) is 54.4 Å². The molecule has 0 aromatic carbocycles. The molecule has 11 amide bonds. The number of hydrogen-bond donors (Lipinski definition) is 21. The number of nitrogens with two attached hydrogens (primary N) is 3. The highest BCUT2D eigenvalue weighted by atomic mass is 16.5. The van der Waals surface area contributed by atoms with E-state index in [1.807, 2.05) is 10.6 Å². The molecule has 0 aromatic heterocycles. The second kappa shape index (κ2) is 36.3. The average molecular weight is 1150 g/mol. The first kappa shape index (κ1) is 71.2. The van der Waals surface area contributed by atoms with E-state index in [9.17, 15) is 108 Å². The van der Waals surface area contributed by atoms with Crippen LogP contribution in [-0.4, -0.2) is 204 Å². The molecule has 0 radical (unpaired) electrons. The highest BCUT2D eigenvalue weighted by Gasteiger charge is 2.37. The fourth-order valence-electron chi connectivity index (χ4n) is 6.98. The summed E-state index contributed by atoms with van der Waals surface area (Å²) in [5, 5.41) is 95.9. The van der Waals surface area contributed by atoms with Gasteiger partial charge in [0, 0.05) is 39.2 Å². The quantitative estimate of drug-likeness (QED) is 0.0117. The lowest BCUT2D eigenvalue weighted by Gasteiger charge is -2.28. The van der Waals surface area contributed by atoms with Gasteiger partial charge in [-0.05, 0) is 44.4 Å². The number of carboxylic acids is 4. The molecule has 0 unspecified atom stereocenters. The molecule has 24 N–H and O–H groups in total. The number of carbonyl (C=O) groups is 15. The molecule has 0 heterocycles. The largest absolute Gasteiger partial charge is 0.481 e. The Labute approximate surface area is 455 Å². The lowest BCUT2D eigenvalue weighted by molar-refractivity contribution is -0.142. The molecule has 450 valence electrons.